The normalized spacial score (nSPS) is 10.2. The first-order valence-corrected chi connectivity index (χ1v) is 4.75. The van der Waals surface area contributed by atoms with E-state index in [9.17, 15) is 9.18 Å². The quantitative estimate of drug-likeness (QED) is 0.825. The molecule has 0 aliphatic heterocycles. The Morgan fingerprint density at radius 1 is 1.41 bits per heavy atom. The predicted molar refractivity (Wildman–Crippen MR) is 56.4 cm³/mol. The van der Waals surface area contributed by atoms with E-state index in [0.29, 0.717) is 5.56 Å². The molecule has 0 radical (unpaired) electrons. The van der Waals surface area contributed by atoms with Gasteiger partial charge >= 0.3 is 0 Å². The lowest BCUT2D eigenvalue weighted by Gasteiger charge is -2.01. The minimum atomic E-state index is -0.527. The van der Waals surface area contributed by atoms with E-state index >= 15 is 0 Å². The van der Waals surface area contributed by atoms with Crippen LogP contribution in [0.25, 0.3) is 11.3 Å². The second kappa shape index (κ2) is 4.75. The maximum absolute atomic E-state index is 12.8. The van der Waals surface area contributed by atoms with Gasteiger partial charge in [0.1, 0.15) is 5.82 Å². The SMILES string of the molecule is CONC(=O)c1ncoc1-c1ccc(F)cc1. The van der Waals surface area contributed by atoms with Gasteiger partial charge in [0.15, 0.2) is 17.8 Å². The van der Waals surface area contributed by atoms with Gasteiger partial charge in [-0.15, -0.1) is 0 Å². The molecule has 1 aromatic heterocycles. The fourth-order valence-electron chi connectivity index (χ4n) is 1.36. The number of carbonyl (C=O) groups is 1. The van der Waals surface area contributed by atoms with Gasteiger partial charge in [-0.05, 0) is 24.3 Å². The van der Waals surface area contributed by atoms with Gasteiger partial charge in [-0.2, -0.15) is 0 Å². The number of hydrogen-bond acceptors (Lipinski definition) is 4. The van der Waals surface area contributed by atoms with Gasteiger partial charge in [-0.3, -0.25) is 9.63 Å². The van der Waals surface area contributed by atoms with Crippen LogP contribution >= 0.6 is 0 Å². The van der Waals surface area contributed by atoms with E-state index in [1.807, 2.05) is 0 Å². The molecule has 88 valence electrons. The summed E-state index contributed by atoms with van der Waals surface area (Å²) >= 11 is 0. The summed E-state index contributed by atoms with van der Waals surface area (Å²) in [7, 11) is 1.32. The highest BCUT2D eigenvalue weighted by molar-refractivity contribution is 5.96. The molecule has 0 bridgehead atoms. The average Bonchev–Trinajstić information content (AvgIpc) is 2.79. The van der Waals surface area contributed by atoms with E-state index in [1.165, 1.54) is 31.4 Å². The molecule has 0 spiro atoms. The summed E-state index contributed by atoms with van der Waals surface area (Å²) in [6.07, 6.45) is 1.14. The van der Waals surface area contributed by atoms with Crippen molar-refractivity contribution in [3.05, 3.63) is 42.2 Å². The summed E-state index contributed by atoms with van der Waals surface area (Å²) in [6, 6.07) is 5.55. The standard InChI is InChI=1S/C11H9FN2O3/c1-16-14-11(15)9-10(17-6-13-9)7-2-4-8(12)5-3-7/h2-6H,1H3,(H,14,15). The number of amides is 1. The van der Waals surface area contributed by atoms with Crippen LogP contribution in [0.1, 0.15) is 10.5 Å². The largest absolute Gasteiger partial charge is 0.443 e. The van der Waals surface area contributed by atoms with E-state index in [0.717, 1.165) is 6.39 Å². The third-order valence-corrected chi connectivity index (χ3v) is 2.08. The topological polar surface area (TPSA) is 64.4 Å². The Labute approximate surface area is 96.2 Å². The molecule has 0 saturated carbocycles. The van der Waals surface area contributed by atoms with Crippen molar-refractivity contribution in [2.75, 3.05) is 7.11 Å². The third-order valence-electron chi connectivity index (χ3n) is 2.08. The smallest absolute Gasteiger partial charge is 0.297 e. The molecule has 2 rings (SSSR count). The molecule has 1 heterocycles. The van der Waals surface area contributed by atoms with Crippen molar-refractivity contribution < 1.29 is 18.4 Å². The third kappa shape index (κ3) is 2.31. The minimum Gasteiger partial charge on any atom is -0.443 e. The lowest BCUT2D eigenvalue weighted by Crippen LogP contribution is -2.22. The Morgan fingerprint density at radius 3 is 2.76 bits per heavy atom. The number of nitrogens with zero attached hydrogens (tertiary/aromatic N) is 1. The Bertz CT molecular complexity index is 522. The van der Waals surface area contributed by atoms with Gasteiger partial charge in [0.05, 0.1) is 7.11 Å². The molecule has 0 unspecified atom stereocenters. The summed E-state index contributed by atoms with van der Waals surface area (Å²) in [5, 5.41) is 0. The summed E-state index contributed by atoms with van der Waals surface area (Å²) < 4.78 is 17.9. The first-order valence-electron chi connectivity index (χ1n) is 4.75. The molecule has 1 aromatic carbocycles. The lowest BCUT2D eigenvalue weighted by atomic mass is 10.1. The van der Waals surface area contributed by atoms with Crippen LogP contribution in [0, 0.1) is 5.82 Å². The molecule has 1 N–H and O–H groups in total. The van der Waals surface area contributed by atoms with Crippen LogP contribution in [0.2, 0.25) is 0 Å². The second-order valence-corrected chi connectivity index (χ2v) is 3.17. The summed E-state index contributed by atoms with van der Waals surface area (Å²) in [5.41, 5.74) is 2.78. The first kappa shape index (κ1) is 11.3. The van der Waals surface area contributed by atoms with Crippen molar-refractivity contribution in [1.29, 1.82) is 0 Å². The highest BCUT2D eigenvalue weighted by Gasteiger charge is 2.17. The number of carbonyl (C=O) groups excluding carboxylic acids is 1. The van der Waals surface area contributed by atoms with Gasteiger partial charge in [0.25, 0.3) is 5.91 Å². The molecule has 5 nitrogen and oxygen atoms in total. The van der Waals surface area contributed by atoms with E-state index in [1.54, 1.807) is 0 Å². The van der Waals surface area contributed by atoms with Crippen LogP contribution in [-0.4, -0.2) is 18.0 Å². The molecule has 1 amide bonds. The average molecular weight is 236 g/mol. The van der Waals surface area contributed by atoms with Gasteiger partial charge < -0.3 is 4.42 Å². The van der Waals surface area contributed by atoms with Gasteiger partial charge in [0.2, 0.25) is 0 Å². The van der Waals surface area contributed by atoms with Crippen LogP contribution in [0.4, 0.5) is 4.39 Å². The van der Waals surface area contributed by atoms with Crippen molar-refractivity contribution in [3.63, 3.8) is 0 Å². The number of aromatic nitrogens is 1. The molecule has 0 aliphatic rings. The highest BCUT2D eigenvalue weighted by atomic mass is 19.1. The molecule has 0 saturated heterocycles. The Hall–Kier alpha value is -2.21. The van der Waals surface area contributed by atoms with E-state index in [4.69, 9.17) is 4.42 Å². The van der Waals surface area contributed by atoms with Crippen molar-refractivity contribution in [2.45, 2.75) is 0 Å². The fourth-order valence-corrected chi connectivity index (χ4v) is 1.36. The number of halogens is 1. The zero-order chi connectivity index (χ0) is 12.3. The number of hydroxylamine groups is 1. The minimum absolute atomic E-state index is 0.0819. The zero-order valence-electron chi connectivity index (χ0n) is 8.94. The Morgan fingerprint density at radius 2 is 2.12 bits per heavy atom. The lowest BCUT2D eigenvalue weighted by molar-refractivity contribution is 0.0533. The fraction of sp³-hybridized carbons (Fsp3) is 0.0909. The molecule has 6 heteroatoms. The monoisotopic (exact) mass is 236 g/mol. The molecule has 0 atom stereocenters. The van der Waals surface area contributed by atoms with Crippen molar-refractivity contribution in [3.8, 4) is 11.3 Å². The number of nitrogens with one attached hydrogen (secondary N) is 1. The predicted octanol–water partition coefficient (Wildman–Crippen LogP) is 1.77. The van der Waals surface area contributed by atoms with Crippen molar-refractivity contribution in [2.24, 2.45) is 0 Å². The van der Waals surface area contributed by atoms with E-state index in [-0.39, 0.29) is 17.3 Å². The van der Waals surface area contributed by atoms with Crippen LogP contribution in [0.15, 0.2) is 35.1 Å². The molecular formula is C11H9FN2O3. The summed E-state index contributed by atoms with van der Waals surface area (Å²) in [4.78, 5) is 19.8. The van der Waals surface area contributed by atoms with Crippen LogP contribution in [0.3, 0.4) is 0 Å². The summed E-state index contributed by atoms with van der Waals surface area (Å²) in [6.45, 7) is 0. The first-order chi connectivity index (χ1) is 8.22. The van der Waals surface area contributed by atoms with Gasteiger partial charge in [0, 0.05) is 5.56 Å². The van der Waals surface area contributed by atoms with E-state index in [2.05, 4.69) is 15.3 Å². The molecule has 17 heavy (non-hydrogen) atoms. The molecule has 2 aromatic rings. The second-order valence-electron chi connectivity index (χ2n) is 3.17. The van der Waals surface area contributed by atoms with Gasteiger partial charge in [-0.1, -0.05) is 0 Å². The summed E-state index contributed by atoms with van der Waals surface area (Å²) in [5.74, 6) is -0.628. The maximum Gasteiger partial charge on any atom is 0.297 e. The number of oxazole rings is 1. The van der Waals surface area contributed by atoms with Crippen LogP contribution in [-0.2, 0) is 4.84 Å². The molecule has 0 aliphatic carbocycles. The molecular weight excluding hydrogens is 227 g/mol. The Balaban J connectivity index is 2.36. The highest BCUT2D eigenvalue weighted by Crippen LogP contribution is 2.23. The van der Waals surface area contributed by atoms with E-state index < -0.39 is 5.91 Å². The maximum atomic E-state index is 12.8. The number of hydrogen-bond donors (Lipinski definition) is 1. The molecule has 0 fully saturated rings. The van der Waals surface area contributed by atoms with Crippen molar-refractivity contribution in [1.82, 2.24) is 10.5 Å². The zero-order valence-corrected chi connectivity index (χ0v) is 8.94. The Kier molecular flexibility index (Phi) is 3.15. The van der Waals surface area contributed by atoms with Crippen LogP contribution < -0.4 is 5.48 Å². The number of rotatable bonds is 3. The number of benzene rings is 1. The van der Waals surface area contributed by atoms with Crippen molar-refractivity contribution >= 4 is 5.91 Å². The van der Waals surface area contributed by atoms with Crippen LogP contribution in [0.5, 0.6) is 0 Å². The van der Waals surface area contributed by atoms with Gasteiger partial charge in [-0.25, -0.2) is 14.9 Å².